The second kappa shape index (κ2) is 10.0. The molecule has 0 saturated heterocycles. The minimum Gasteiger partial charge on any atom is -0.376 e. The minimum absolute atomic E-state index is 0.0605. The predicted octanol–water partition coefficient (Wildman–Crippen LogP) is 4.24. The van der Waals surface area contributed by atoms with Crippen LogP contribution in [-0.2, 0) is 22.1 Å². The molecule has 0 spiro atoms. The average Bonchev–Trinajstić information content (AvgIpc) is 2.77. The number of hydrogen-bond donors (Lipinski definition) is 2. The van der Waals surface area contributed by atoms with Gasteiger partial charge in [0.1, 0.15) is 0 Å². The number of pyridine rings is 1. The predicted molar refractivity (Wildman–Crippen MR) is 118 cm³/mol. The molecule has 0 saturated carbocycles. The third-order valence-electron chi connectivity index (χ3n) is 4.14. The maximum absolute atomic E-state index is 12.9. The van der Waals surface area contributed by atoms with Gasteiger partial charge in [-0.2, -0.15) is 0 Å². The van der Waals surface area contributed by atoms with Crippen molar-refractivity contribution in [1.82, 2.24) is 10.3 Å². The Balaban J connectivity index is 1.67. The fourth-order valence-corrected chi connectivity index (χ4v) is 3.86. The van der Waals surface area contributed by atoms with Crippen molar-refractivity contribution in [3.05, 3.63) is 95.8 Å². The second-order valence-corrected chi connectivity index (χ2v) is 8.12. The number of nitrogens with zero attached hydrogens (tertiary/aromatic N) is 1. The maximum atomic E-state index is 12.9. The highest BCUT2D eigenvalue weighted by Gasteiger charge is 2.15. The number of anilines is 1. The fraction of sp³-hybridized carbons (Fsp3) is 0.0909. The molecule has 1 heterocycles. The van der Waals surface area contributed by atoms with Crippen LogP contribution in [0.3, 0.4) is 0 Å². The number of amides is 1. The van der Waals surface area contributed by atoms with Crippen LogP contribution in [0.15, 0.2) is 84.5 Å². The monoisotopic (exact) mass is 425 g/mol. The van der Waals surface area contributed by atoms with Crippen LogP contribution < -0.4 is 10.6 Å². The number of benzene rings is 2. The van der Waals surface area contributed by atoms with Crippen LogP contribution >= 0.6 is 11.6 Å². The molecule has 7 heteroatoms. The SMILES string of the molecule is C=C(c1cc(Cl)ccc1NCC(=O)NCc1ccncc1)S(=O)c1ccccc1. The van der Waals surface area contributed by atoms with Gasteiger partial charge < -0.3 is 10.6 Å². The topological polar surface area (TPSA) is 71.1 Å². The van der Waals surface area contributed by atoms with Crippen LogP contribution in [-0.4, -0.2) is 21.6 Å². The van der Waals surface area contributed by atoms with E-state index in [4.69, 9.17) is 11.6 Å². The zero-order valence-corrected chi connectivity index (χ0v) is 17.2. The van der Waals surface area contributed by atoms with E-state index >= 15 is 0 Å². The third-order valence-corrected chi connectivity index (χ3v) is 5.74. The smallest absolute Gasteiger partial charge is 0.239 e. The first-order valence-corrected chi connectivity index (χ1v) is 10.4. The number of carbonyl (C=O) groups excluding carboxylic acids is 1. The zero-order valence-electron chi connectivity index (χ0n) is 15.6. The third kappa shape index (κ3) is 5.76. The van der Waals surface area contributed by atoms with E-state index < -0.39 is 10.8 Å². The lowest BCUT2D eigenvalue weighted by Gasteiger charge is -2.14. The Kier molecular flexibility index (Phi) is 7.16. The van der Waals surface area contributed by atoms with E-state index in [1.807, 2.05) is 30.3 Å². The van der Waals surface area contributed by atoms with E-state index in [0.717, 1.165) is 5.56 Å². The Morgan fingerprint density at radius 3 is 2.52 bits per heavy atom. The summed E-state index contributed by atoms with van der Waals surface area (Å²) >= 11 is 6.14. The molecule has 0 bridgehead atoms. The van der Waals surface area contributed by atoms with E-state index in [2.05, 4.69) is 22.2 Å². The van der Waals surface area contributed by atoms with Crippen LogP contribution in [0.5, 0.6) is 0 Å². The normalized spacial score (nSPS) is 11.5. The summed E-state index contributed by atoms with van der Waals surface area (Å²) in [5.74, 6) is -0.169. The van der Waals surface area contributed by atoms with E-state index in [1.165, 1.54) is 0 Å². The van der Waals surface area contributed by atoms with E-state index in [1.54, 1.807) is 42.7 Å². The second-order valence-electron chi connectivity index (χ2n) is 6.18. The van der Waals surface area contributed by atoms with Gasteiger partial charge in [0.05, 0.1) is 17.3 Å². The van der Waals surface area contributed by atoms with Crippen LogP contribution in [0.25, 0.3) is 4.91 Å². The van der Waals surface area contributed by atoms with Gasteiger partial charge in [-0.05, 0) is 48.0 Å². The molecular formula is C22H20ClN3O2S. The Labute approximate surface area is 177 Å². The summed E-state index contributed by atoms with van der Waals surface area (Å²) in [6.07, 6.45) is 3.36. The van der Waals surface area contributed by atoms with Crippen molar-refractivity contribution < 1.29 is 9.00 Å². The molecule has 148 valence electrons. The molecule has 5 nitrogen and oxygen atoms in total. The fourth-order valence-electron chi connectivity index (χ4n) is 2.63. The molecule has 0 fully saturated rings. The summed E-state index contributed by atoms with van der Waals surface area (Å²) < 4.78 is 12.9. The van der Waals surface area contributed by atoms with Crippen molar-refractivity contribution in [3.63, 3.8) is 0 Å². The van der Waals surface area contributed by atoms with Gasteiger partial charge >= 0.3 is 0 Å². The van der Waals surface area contributed by atoms with E-state index in [-0.39, 0.29) is 12.5 Å². The van der Waals surface area contributed by atoms with Crippen molar-refractivity contribution in [2.24, 2.45) is 0 Å². The molecule has 3 aromatic rings. The molecule has 29 heavy (non-hydrogen) atoms. The average molecular weight is 426 g/mol. The number of nitrogens with one attached hydrogen (secondary N) is 2. The van der Waals surface area contributed by atoms with Gasteiger partial charge in [0, 0.05) is 45.0 Å². The zero-order chi connectivity index (χ0) is 20.6. The molecule has 2 N–H and O–H groups in total. The van der Waals surface area contributed by atoms with Gasteiger partial charge in [-0.1, -0.05) is 36.4 Å². The van der Waals surface area contributed by atoms with Crippen LogP contribution in [0.1, 0.15) is 11.1 Å². The van der Waals surface area contributed by atoms with Gasteiger partial charge in [-0.3, -0.25) is 9.78 Å². The standard InChI is InChI=1S/C22H20ClN3O2S/c1-16(29(28)19-5-3-2-4-6-19)20-13-18(23)7-8-21(20)25-15-22(27)26-14-17-9-11-24-12-10-17/h2-13,25H,1,14-15H2,(H,26,27). The van der Waals surface area contributed by atoms with Gasteiger partial charge in [-0.25, -0.2) is 4.21 Å². The number of carbonyl (C=O) groups is 1. The molecule has 1 aromatic heterocycles. The molecule has 0 aliphatic rings. The lowest BCUT2D eigenvalue weighted by molar-refractivity contribution is -0.119. The Morgan fingerprint density at radius 2 is 1.79 bits per heavy atom. The van der Waals surface area contributed by atoms with Crippen molar-refractivity contribution >= 4 is 38.9 Å². The molecule has 1 atom stereocenters. The van der Waals surface area contributed by atoms with Crippen molar-refractivity contribution in [2.45, 2.75) is 11.4 Å². The van der Waals surface area contributed by atoms with Crippen LogP contribution in [0, 0.1) is 0 Å². The summed E-state index contributed by atoms with van der Waals surface area (Å²) in [6.45, 7) is 4.48. The Bertz CT molecular complexity index is 1030. The molecule has 2 aromatic carbocycles. The number of hydrogen-bond acceptors (Lipinski definition) is 4. The lowest BCUT2D eigenvalue weighted by atomic mass is 10.1. The molecule has 0 aliphatic heterocycles. The van der Waals surface area contributed by atoms with Gasteiger partial charge in [0.25, 0.3) is 0 Å². The Hall–Kier alpha value is -2.96. The van der Waals surface area contributed by atoms with Crippen molar-refractivity contribution in [2.75, 3.05) is 11.9 Å². The van der Waals surface area contributed by atoms with E-state index in [9.17, 15) is 9.00 Å². The quantitative estimate of drug-likeness (QED) is 0.566. The molecule has 3 rings (SSSR count). The highest BCUT2D eigenvalue weighted by atomic mass is 35.5. The maximum Gasteiger partial charge on any atom is 0.239 e. The highest BCUT2D eigenvalue weighted by molar-refractivity contribution is 7.94. The molecular weight excluding hydrogens is 406 g/mol. The first-order valence-electron chi connectivity index (χ1n) is 8.89. The van der Waals surface area contributed by atoms with Crippen LogP contribution in [0.2, 0.25) is 5.02 Å². The summed E-state index contributed by atoms with van der Waals surface area (Å²) in [5.41, 5.74) is 2.22. The number of rotatable bonds is 8. The highest BCUT2D eigenvalue weighted by Crippen LogP contribution is 2.30. The molecule has 1 unspecified atom stereocenters. The van der Waals surface area contributed by atoms with Gasteiger partial charge in [0.15, 0.2) is 0 Å². The summed E-state index contributed by atoms with van der Waals surface area (Å²) in [7, 11) is -1.44. The van der Waals surface area contributed by atoms with Crippen molar-refractivity contribution in [1.29, 1.82) is 0 Å². The molecule has 0 radical (unpaired) electrons. The van der Waals surface area contributed by atoms with Crippen LogP contribution in [0.4, 0.5) is 5.69 Å². The summed E-state index contributed by atoms with van der Waals surface area (Å²) in [5, 5.41) is 6.42. The van der Waals surface area contributed by atoms with Crippen molar-refractivity contribution in [3.8, 4) is 0 Å². The summed E-state index contributed by atoms with van der Waals surface area (Å²) in [6, 6.07) is 17.9. The van der Waals surface area contributed by atoms with Gasteiger partial charge in [0.2, 0.25) is 5.91 Å². The number of aromatic nitrogens is 1. The van der Waals surface area contributed by atoms with E-state index in [0.29, 0.717) is 32.6 Å². The minimum atomic E-state index is -1.44. The summed E-state index contributed by atoms with van der Waals surface area (Å²) in [4.78, 5) is 17.2. The number of halogens is 1. The first-order chi connectivity index (χ1) is 14.0. The molecule has 1 amide bonds. The first kappa shape index (κ1) is 20.8. The largest absolute Gasteiger partial charge is 0.376 e. The van der Waals surface area contributed by atoms with Gasteiger partial charge in [-0.15, -0.1) is 0 Å². The Morgan fingerprint density at radius 1 is 1.07 bits per heavy atom. The lowest BCUT2D eigenvalue weighted by Crippen LogP contribution is -2.29. The molecule has 0 aliphatic carbocycles.